The average Bonchev–Trinajstić information content (AvgIpc) is 2.70. The zero-order chi connectivity index (χ0) is 21.3. The topological polar surface area (TPSA) is 81.1 Å². The van der Waals surface area contributed by atoms with Crippen molar-refractivity contribution in [1.29, 1.82) is 0 Å². The third-order valence-corrected chi connectivity index (χ3v) is 7.16. The van der Waals surface area contributed by atoms with Crippen LogP contribution in [0.2, 0.25) is 0 Å². The molecule has 1 aliphatic heterocycles. The number of methoxy groups -OCH3 is 2. The minimum Gasteiger partial charge on any atom is -0.496 e. The first-order valence-electron chi connectivity index (χ1n) is 9.31. The van der Waals surface area contributed by atoms with Gasteiger partial charge in [-0.05, 0) is 26.1 Å². The van der Waals surface area contributed by atoms with E-state index in [-0.39, 0.29) is 16.2 Å². The van der Waals surface area contributed by atoms with E-state index in [2.05, 4.69) is 4.90 Å². The van der Waals surface area contributed by atoms with Crippen LogP contribution in [0.5, 0.6) is 11.5 Å². The number of likely N-dealkylation sites (N-methyl/N-ethyl adjacent to an activating group) is 1. The van der Waals surface area contributed by atoms with Gasteiger partial charge in [-0.2, -0.15) is 4.31 Å². The molecule has 9 heteroatoms. The normalized spacial score (nSPS) is 16.0. The second kappa shape index (κ2) is 8.17. The highest BCUT2D eigenvalue weighted by atomic mass is 32.2. The molecule has 1 saturated heterocycles. The molecular weight excluding hydrogens is 394 g/mol. The van der Waals surface area contributed by atoms with E-state index in [9.17, 15) is 13.2 Å². The molecule has 1 aromatic heterocycles. The molecule has 0 radical (unpaired) electrons. The van der Waals surface area contributed by atoms with Gasteiger partial charge in [0, 0.05) is 62.2 Å². The van der Waals surface area contributed by atoms with Gasteiger partial charge < -0.3 is 18.9 Å². The average molecular weight is 422 g/mol. The van der Waals surface area contributed by atoms with Crippen molar-refractivity contribution in [3.8, 4) is 22.6 Å². The molecule has 2 aromatic rings. The van der Waals surface area contributed by atoms with Crippen LogP contribution < -0.4 is 15.0 Å². The minimum absolute atomic E-state index is 0.0756. The SMILES string of the molecule is COc1cc(S(=O)(=O)N2CCN(C)CC2)c(OC)cc1-c1cc(C)c(=O)n(C)c1. The van der Waals surface area contributed by atoms with Gasteiger partial charge in [0.05, 0.1) is 14.2 Å². The molecule has 1 aliphatic rings. The van der Waals surface area contributed by atoms with Gasteiger partial charge in [-0.1, -0.05) is 0 Å². The van der Waals surface area contributed by atoms with E-state index in [1.165, 1.54) is 29.2 Å². The Morgan fingerprint density at radius 1 is 0.931 bits per heavy atom. The van der Waals surface area contributed by atoms with E-state index >= 15 is 0 Å². The van der Waals surface area contributed by atoms with E-state index in [0.29, 0.717) is 43.1 Å². The maximum Gasteiger partial charge on any atom is 0.253 e. The number of hydrogen-bond donors (Lipinski definition) is 0. The second-order valence-corrected chi connectivity index (χ2v) is 9.14. The fourth-order valence-corrected chi connectivity index (χ4v) is 5.06. The summed E-state index contributed by atoms with van der Waals surface area (Å²) in [5, 5.41) is 0. The molecule has 158 valence electrons. The summed E-state index contributed by atoms with van der Waals surface area (Å²) >= 11 is 0. The number of sulfonamides is 1. The molecule has 29 heavy (non-hydrogen) atoms. The van der Waals surface area contributed by atoms with E-state index in [4.69, 9.17) is 9.47 Å². The number of piperazine rings is 1. The standard InChI is InChI=1S/C20H27N3O5S/c1-14-10-15(13-22(3)20(14)24)16-11-18(28-5)19(12-17(16)27-4)29(25,26)23-8-6-21(2)7-9-23/h10-13H,6-9H2,1-5H3. The van der Waals surface area contributed by atoms with Gasteiger partial charge in [0.2, 0.25) is 10.0 Å². The van der Waals surface area contributed by atoms with Gasteiger partial charge in [-0.3, -0.25) is 4.79 Å². The molecule has 1 fully saturated rings. The second-order valence-electron chi connectivity index (χ2n) is 7.24. The van der Waals surface area contributed by atoms with Gasteiger partial charge in [-0.25, -0.2) is 8.42 Å². The summed E-state index contributed by atoms with van der Waals surface area (Å²) in [7, 11) is 2.85. The lowest BCUT2D eigenvalue weighted by Gasteiger charge is -2.32. The van der Waals surface area contributed by atoms with Crippen molar-refractivity contribution in [3.63, 3.8) is 0 Å². The summed E-state index contributed by atoms with van der Waals surface area (Å²) in [6.07, 6.45) is 1.70. The quantitative estimate of drug-likeness (QED) is 0.724. The van der Waals surface area contributed by atoms with Crippen molar-refractivity contribution in [2.24, 2.45) is 7.05 Å². The Kier molecular flexibility index (Phi) is 6.02. The van der Waals surface area contributed by atoms with E-state index in [1.807, 2.05) is 7.05 Å². The Hall–Kier alpha value is -2.36. The highest BCUT2D eigenvalue weighted by molar-refractivity contribution is 7.89. The van der Waals surface area contributed by atoms with E-state index in [0.717, 1.165) is 5.56 Å². The van der Waals surface area contributed by atoms with Crippen LogP contribution >= 0.6 is 0 Å². The van der Waals surface area contributed by atoms with Crippen LogP contribution in [-0.4, -0.2) is 69.6 Å². The van der Waals surface area contributed by atoms with Crippen LogP contribution in [0, 0.1) is 6.92 Å². The molecule has 0 amide bonds. The molecule has 0 atom stereocenters. The van der Waals surface area contributed by atoms with Crippen LogP contribution in [0.25, 0.3) is 11.1 Å². The number of nitrogens with zero attached hydrogens (tertiary/aromatic N) is 3. The van der Waals surface area contributed by atoms with Crippen molar-refractivity contribution < 1.29 is 17.9 Å². The third-order valence-electron chi connectivity index (χ3n) is 5.24. The molecule has 2 heterocycles. The lowest BCUT2D eigenvalue weighted by atomic mass is 10.0. The number of hydrogen-bond acceptors (Lipinski definition) is 6. The Morgan fingerprint density at radius 3 is 2.10 bits per heavy atom. The highest BCUT2D eigenvalue weighted by Gasteiger charge is 2.31. The van der Waals surface area contributed by atoms with Crippen molar-refractivity contribution in [1.82, 2.24) is 13.8 Å². The fourth-order valence-electron chi connectivity index (χ4n) is 3.49. The molecule has 8 nitrogen and oxygen atoms in total. The first kappa shape index (κ1) is 21.4. The third kappa shape index (κ3) is 4.03. The Balaban J connectivity index is 2.13. The predicted octanol–water partition coefficient (Wildman–Crippen LogP) is 1.31. The highest BCUT2D eigenvalue weighted by Crippen LogP contribution is 2.39. The predicted molar refractivity (Wildman–Crippen MR) is 111 cm³/mol. The number of ether oxygens (including phenoxy) is 2. The monoisotopic (exact) mass is 421 g/mol. The van der Waals surface area contributed by atoms with Gasteiger partial charge >= 0.3 is 0 Å². The molecule has 0 saturated carbocycles. The first-order chi connectivity index (χ1) is 13.7. The number of aromatic nitrogens is 1. The first-order valence-corrected chi connectivity index (χ1v) is 10.8. The summed E-state index contributed by atoms with van der Waals surface area (Å²) in [5.41, 5.74) is 1.89. The number of rotatable bonds is 5. The minimum atomic E-state index is -3.74. The molecule has 0 bridgehead atoms. The molecule has 0 aliphatic carbocycles. The van der Waals surface area contributed by atoms with Gasteiger partial charge in [-0.15, -0.1) is 0 Å². The number of pyridine rings is 1. The van der Waals surface area contributed by atoms with Crippen molar-refractivity contribution in [3.05, 3.63) is 40.3 Å². The summed E-state index contributed by atoms with van der Waals surface area (Å²) in [6.45, 7) is 3.93. The summed E-state index contributed by atoms with van der Waals surface area (Å²) in [5.74, 6) is 0.641. The molecule has 0 spiro atoms. The van der Waals surface area contributed by atoms with Gasteiger partial charge in [0.15, 0.2) is 0 Å². The van der Waals surface area contributed by atoms with E-state index < -0.39 is 10.0 Å². The molecule has 0 unspecified atom stereocenters. The molecule has 0 N–H and O–H groups in total. The lowest BCUT2D eigenvalue weighted by Crippen LogP contribution is -2.47. The Morgan fingerprint density at radius 2 is 1.55 bits per heavy atom. The number of aryl methyl sites for hydroxylation is 2. The lowest BCUT2D eigenvalue weighted by molar-refractivity contribution is 0.222. The molecule has 3 rings (SSSR count). The molecule has 1 aromatic carbocycles. The maximum absolute atomic E-state index is 13.3. The van der Waals surface area contributed by atoms with Crippen LogP contribution in [0.3, 0.4) is 0 Å². The summed E-state index contributed by atoms with van der Waals surface area (Å²) < 4.78 is 40.5. The fraction of sp³-hybridized carbons (Fsp3) is 0.450. The van der Waals surface area contributed by atoms with Crippen molar-refractivity contribution >= 4 is 10.0 Å². The smallest absolute Gasteiger partial charge is 0.253 e. The maximum atomic E-state index is 13.3. The zero-order valence-electron chi connectivity index (χ0n) is 17.4. The summed E-state index contributed by atoms with van der Waals surface area (Å²) in [4.78, 5) is 14.2. The Bertz CT molecular complexity index is 1040. The number of benzene rings is 1. The van der Waals surface area contributed by atoms with Crippen LogP contribution in [0.15, 0.2) is 34.1 Å². The molecular formula is C20H27N3O5S. The van der Waals surface area contributed by atoms with Gasteiger partial charge in [0.1, 0.15) is 16.4 Å². The van der Waals surface area contributed by atoms with Gasteiger partial charge in [0.25, 0.3) is 5.56 Å². The van der Waals surface area contributed by atoms with Crippen LogP contribution in [-0.2, 0) is 17.1 Å². The van der Waals surface area contributed by atoms with E-state index in [1.54, 1.807) is 32.3 Å². The largest absolute Gasteiger partial charge is 0.496 e. The van der Waals surface area contributed by atoms with Crippen LogP contribution in [0.1, 0.15) is 5.56 Å². The van der Waals surface area contributed by atoms with Crippen molar-refractivity contribution in [2.75, 3.05) is 47.4 Å². The summed E-state index contributed by atoms with van der Waals surface area (Å²) in [6, 6.07) is 4.91. The van der Waals surface area contributed by atoms with Crippen LogP contribution in [0.4, 0.5) is 0 Å². The zero-order valence-corrected chi connectivity index (χ0v) is 18.2. The Labute approximate surface area is 171 Å². The van der Waals surface area contributed by atoms with Crippen molar-refractivity contribution in [2.45, 2.75) is 11.8 Å².